The number of pyridine rings is 1. The molecule has 1 aromatic heterocycles. The van der Waals surface area contributed by atoms with Crippen molar-refractivity contribution in [2.75, 3.05) is 33.4 Å². The highest BCUT2D eigenvalue weighted by Gasteiger charge is 2.21. The summed E-state index contributed by atoms with van der Waals surface area (Å²) >= 11 is 0. The zero-order chi connectivity index (χ0) is 19.2. The van der Waals surface area contributed by atoms with Crippen LogP contribution >= 0.6 is 0 Å². The van der Waals surface area contributed by atoms with Crippen LogP contribution in [-0.2, 0) is 0 Å². The van der Waals surface area contributed by atoms with Crippen molar-refractivity contribution in [3.05, 3.63) is 54.7 Å². The van der Waals surface area contributed by atoms with E-state index in [1.807, 2.05) is 48.5 Å². The van der Waals surface area contributed by atoms with Crippen molar-refractivity contribution in [3.8, 4) is 23.0 Å². The van der Waals surface area contributed by atoms with Crippen molar-refractivity contribution >= 4 is 10.9 Å². The number of hydrogen-bond donors (Lipinski definition) is 1. The molecule has 1 atom stereocenters. The Hall–Kier alpha value is -2.99. The van der Waals surface area contributed by atoms with E-state index in [1.54, 1.807) is 13.3 Å². The Morgan fingerprint density at radius 1 is 1.11 bits per heavy atom. The van der Waals surface area contributed by atoms with Crippen molar-refractivity contribution in [1.29, 1.82) is 0 Å². The van der Waals surface area contributed by atoms with Crippen molar-refractivity contribution in [2.24, 2.45) is 0 Å². The van der Waals surface area contributed by atoms with E-state index in [0.29, 0.717) is 13.2 Å². The maximum absolute atomic E-state index is 5.99. The number of aromatic nitrogens is 1. The molecule has 1 aliphatic heterocycles. The summed E-state index contributed by atoms with van der Waals surface area (Å²) in [6.45, 7) is 2.74. The minimum Gasteiger partial charge on any atom is -0.497 e. The summed E-state index contributed by atoms with van der Waals surface area (Å²) in [6, 6.07) is 15.6. The molecule has 146 valence electrons. The minimum absolute atomic E-state index is 0.0212. The number of nitrogens with one attached hydrogen (secondary N) is 1. The molecule has 0 saturated heterocycles. The van der Waals surface area contributed by atoms with Crippen LogP contribution in [0.15, 0.2) is 54.7 Å². The van der Waals surface area contributed by atoms with Gasteiger partial charge in [-0.1, -0.05) is 6.07 Å². The molecule has 0 spiro atoms. The summed E-state index contributed by atoms with van der Waals surface area (Å²) in [4.78, 5) is 4.35. The summed E-state index contributed by atoms with van der Waals surface area (Å²) in [5.41, 5.74) is 0.949. The lowest BCUT2D eigenvalue weighted by Crippen LogP contribution is -2.39. The topological polar surface area (TPSA) is 61.8 Å². The summed E-state index contributed by atoms with van der Waals surface area (Å²) in [5, 5.41) is 4.52. The highest BCUT2D eigenvalue weighted by molar-refractivity contribution is 5.79. The van der Waals surface area contributed by atoms with Crippen LogP contribution in [0.2, 0.25) is 0 Å². The molecule has 4 rings (SSSR count). The van der Waals surface area contributed by atoms with Crippen LogP contribution in [-0.4, -0.2) is 44.5 Å². The van der Waals surface area contributed by atoms with Gasteiger partial charge in [-0.05, 0) is 43.3 Å². The standard InChI is InChI=1S/C22H24N2O4/c1-25-17-7-8-21-22(13-17)28-19(15-27-21)14-23-9-3-11-26-18-6-5-16-4-2-10-24-20(16)12-18/h2,4-8,10,12-13,19,23H,3,9,11,14-15H2,1H3. The smallest absolute Gasteiger partial charge is 0.165 e. The second-order valence-corrected chi connectivity index (χ2v) is 6.63. The molecule has 2 heterocycles. The third-order valence-electron chi connectivity index (χ3n) is 4.59. The molecule has 0 aliphatic carbocycles. The first kappa shape index (κ1) is 18.4. The molecule has 1 aliphatic rings. The molecule has 3 aromatic rings. The van der Waals surface area contributed by atoms with Crippen molar-refractivity contribution in [1.82, 2.24) is 10.3 Å². The highest BCUT2D eigenvalue weighted by atomic mass is 16.6. The molecule has 6 heteroatoms. The molecule has 0 amide bonds. The van der Waals surface area contributed by atoms with Gasteiger partial charge in [-0.25, -0.2) is 0 Å². The Morgan fingerprint density at radius 2 is 2.04 bits per heavy atom. The third-order valence-corrected chi connectivity index (χ3v) is 4.59. The summed E-state index contributed by atoms with van der Waals surface area (Å²) in [7, 11) is 1.64. The molecular formula is C22H24N2O4. The first-order valence-electron chi connectivity index (χ1n) is 9.47. The van der Waals surface area contributed by atoms with Gasteiger partial charge >= 0.3 is 0 Å². The Balaban J connectivity index is 1.17. The van der Waals surface area contributed by atoms with E-state index < -0.39 is 0 Å². The molecule has 0 bridgehead atoms. The fourth-order valence-electron chi connectivity index (χ4n) is 3.11. The number of benzene rings is 2. The van der Waals surface area contributed by atoms with E-state index in [2.05, 4.69) is 10.3 Å². The molecule has 28 heavy (non-hydrogen) atoms. The van der Waals surface area contributed by atoms with Crippen molar-refractivity contribution < 1.29 is 18.9 Å². The van der Waals surface area contributed by atoms with Gasteiger partial charge in [0.2, 0.25) is 0 Å². The predicted octanol–water partition coefficient (Wildman–Crippen LogP) is 3.44. The van der Waals surface area contributed by atoms with Gasteiger partial charge < -0.3 is 24.3 Å². The van der Waals surface area contributed by atoms with Crippen LogP contribution in [0.3, 0.4) is 0 Å². The number of ether oxygens (including phenoxy) is 4. The number of nitrogens with zero attached hydrogens (tertiary/aromatic N) is 1. The SMILES string of the molecule is COc1ccc2c(c1)OC(CNCCCOc1ccc3cccnc3c1)CO2. The summed E-state index contributed by atoms with van der Waals surface area (Å²) < 4.78 is 22.8. The molecule has 6 nitrogen and oxygen atoms in total. The lowest BCUT2D eigenvalue weighted by atomic mass is 10.2. The normalized spacial score (nSPS) is 15.4. The van der Waals surface area contributed by atoms with Crippen LogP contribution in [0.4, 0.5) is 0 Å². The fraction of sp³-hybridized carbons (Fsp3) is 0.318. The maximum atomic E-state index is 5.99. The van der Waals surface area contributed by atoms with Gasteiger partial charge in [-0.3, -0.25) is 4.98 Å². The maximum Gasteiger partial charge on any atom is 0.165 e. The van der Waals surface area contributed by atoms with Gasteiger partial charge in [0.15, 0.2) is 11.5 Å². The Labute approximate surface area is 164 Å². The molecule has 0 fully saturated rings. The van der Waals surface area contributed by atoms with E-state index in [9.17, 15) is 0 Å². The van der Waals surface area contributed by atoms with Crippen LogP contribution in [0, 0.1) is 0 Å². The summed E-state index contributed by atoms with van der Waals surface area (Å²) in [5.74, 6) is 3.10. The van der Waals surface area contributed by atoms with Gasteiger partial charge in [0.1, 0.15) is 24.2 Å². The lowest BCUT2D eigenvalue weighted by molar-refractivity contribution is 0.0898. The van der Waals surface area contributed by atoms with Crippen LogP contribution < -0.4 is 24.3 Å². The van der Waals surface area contributed by atoms with E-state index >= 15 is 0 Å². The zero-order valence-electron chi connectivity index (χ0n) is 15.9. The van der Waals surface area contributed by atoms with E-state index in [4.69, 9.17) is 18.9 Å². The van der Waals surface area contributed by atoms with Gasteiger partial charge in [-0.2, -0.15) is 0 Å². The Bertz CT molecular complexity index is 931. The highest BCUT2D eigenvalue weighted by Crippen LogP contribution is 2.34. The molecule has 0 saturated carbocycles. The zero-order valence-corrected chi connectivity index (χ0v) is 15.9. The van der Waals surface area contributed by atoms with E-state index in [1.165, 1.54) is 0 Å². The number of rotatable bonds is 8. The largest absolute Gasteiger partial charge is 0.497 e. The van der Waals surface area contributed by atoms with E-state index in [0.717, 1.165) is 53.4 Å². The van der Waals surface area contributed by atoms with E-state index in [-0.39, 0.29) is 6.10 Å². The first-order chi connectivity index (χ1) is 13.8. The predicted molar refractivity (Wildman–Crippen MR) is 108 cm³/mol. The number of hydrogen-bond acceptors (Lipinski definition) is 6. The van der Waals surface area contributed by atoms with Gasteiger partial charge in [0.05, 0.1) is 19.2 Å². The monoisotopic (exact) mass is 380 g/mol. The Morgan fingerprint density at radius 3 is 2.96 bits per heavy atom. The van der Waals surface area contributed by atoms with Crippen molar-refractivity contribution in [3.63, 3.8) is 0 Å². The van der Waals surface area contributed by atoms with Gasteiger partial charge in [-0.15, -0.1) is 0 Å². The van der Waals surface area contributed by atoms with Gasteiger partial charge in [0, 0.05) is 30.3 Å². The number of methoxy groups -OCH3 is 1. The van der Waals surface area contributed by atoms with Crippen LogP contribution in [0.5, 0.6) is 23.0 Å². The Kier molecular flexibility index (Phi) is 5.77. The second kappa shape index (κ2) is 8.80. The number of fused-ring (bicyclic) bond motifs is 2. The van der Waals surface area contributed by atoms with Crippen LogP contribution in [0.25, 0.3) is 10.9 Å². The molecule has 1 unspecified atom stereocenters. The fourth-order valence-corrected chi connectivity index (χ4v) is 3.11. The van der Waals surface area contributed by atoms with Crippen molar-refractivity contribution in [2.45, 2.75) is 12.5 Å². The molecule has 2 aromatic carbocycles. The third kappa shape index (κ3) is 4.46. The average molecular weight is 380 g/mol. The lowest BCUT2D eigenvalue weighted by Gasteiger charge is -2.27. The summed E-state index contributed by atoms with van der Waals surface area (Å²) in [6.07, 6.45) is 2.67. The minimum atomic E-state index is -0.0212. The molecule has 1 N–H and O–H groups in total. The quantitative estimate of drug-likeness (QED) is 0.604. The average Bonchev–Trinajstić information content (AvgIpc) is 2.75. The van der Waals surface area contributed by atoms with Gasteiger partial charge in [0.25, 0.3) is 0 Å². The molecular weight excluding hydrogens is 356 g/mol. The first-order valence-corrected chi connectivity index (χ1v) is 9.47. The van der Waals surface area contributed by atoms with Crippen LogP contribution in [0.1, 0.15) is 6.42 Å². The molecule has 0 radical (unpaired) electrons. The second-order valence-electron chi connectivity index (χ2n) is 6.63.